The first-order valence-electron chi connectivity index (χ1n) is 8.70. The van der Waals surface area contributed by atoms with Gasteiger partial charge in [-0.3, -0.25) is 4.79 Å². The summed E-state index contributed by atoms with van der Waals surface area (Å²) in [4.78, 5) is 12.0. The minimum atomic E-state index is -0.103. The second-order valence-electron chi connectivity index (χ2n) is 5.65. The second kappa shape index (κ2) is 10.2. The molecule has 0 spiro atoms. The molecular formula is C20H26N2O3. The first-order valence-corrected chi connectivity index (χ1v) is 8.70. The highest BCUT2D eigenvalue weighted by molar-refractivity contribution is 5.93. The van der Waals surface area contributed by atoms with Crippen molar-refractivity contribution in [3.05, 3.63) is 48.5 Å². The van der Waals surface area contributed by atoms with Crippen LogP contribution in [-0.2, 0) is 4.79 Å². The molecule has 0 unspecified atom stereocenters. The topological polar surface area (TPSA) is 59.6 Å². The van der Waals surface area contributed by atoms with Crippen LogP contribution >= 0.6 is 0 Å². The normalized spacial score (nSPS) is 10.2. The SMILES string of the molecule is CCCOc1ccc(NCC(=O)Nc2ccc(OCCC)cc2)cc1. The first kappa shape index (κ1) is 18.6. The smallest absolute Gasteiger partial charge is 0.243 e. The van der Waals surface area contributed by atoms with E-state index in [2.05, 4.69) is 24.5 Å². The number of amides is 1. The fourth-order valence-electron chi connectivity index (χ4n) is 2.13. The van der Waals surface area contributed by atoms with Gasteiger partial charge in [-0.25, -0.2) is 0 Å². The van der Waals surface area contributed by atoms with E-state index in [1.54, 1.807) is 0 Å². The van der Waals surface area contributed by atoms with Crippen molar-refractivity contribution in [1.29, 1.82) is 0 Å². The van der Waals surface area contributed by atoms with Gasteiger partial charge in [0.25, 0.3) is 0 Å². The van der Waals surface area contributed by atoms with Crippen molar-refractivity contribution in [2.45, 2.75) is 26.7 Å². The van der Waals surface area contributed by atoms with Crippen molar-refractivity contribution in [3.8, 4) is 11.5 Å². The Bertz CT molecular complexity index is 639. The number of anilines is 2. The summed E-state index contributed by atoms with van der Waals surface area (Å²) in [7, 11) is 0. The highest BCUT2D eigenvalue weighted by Crippen LogP contribution is 2.17. The Labute approximate surface area is 149 Å². The molecule has 0 atom stereocenters. The van der Waals surface area contributed by atoms with Crippen LogP contribution in [0.2, 0.25) is 0 Å². The number of hydrogen-bond acceptors (Lipinski definition) is 4. The maximum absolute atomic E-state index is 12.0. The first-order chi connectivity index (χ1) is 12.2. The second-order valence-corrected chi connectivity index (χ2v) is 5.65. The quantitative estimate of drug-likeness (QED) is 0.675. The third kappa shape index (κ3) is 6.75. The zero-order valence-electron chi connectivity index (χ0n) is 14.9. The van der Waals surface area contributed by atoms with Crippen molar-refractivity contribution in [2.75, 3.05) is 30.4 Å². The summed E-state index contributed by atoms with van der Waals surface area (Å²) in [6.45, 7) is 5.73. The minimum absolute atomic E-state index is 0.103. The van der Waals surface area contributed by atoms with E-state index in [0.717, 1.165) is 35.7 Å². The van der Waals surface area contributed by atoms with Crippen molar-refractivity contribution >= 4 is 17.3 Å². The zero-order chi connectivity index (χ0) is 17.9. The van der Waals surface area contributed by atoms with Crippen LogP contribution in [0.15, 0.2) is 48.5 Å². The van der Waals surface area contributed by atoms with Crippen LogP contribution in [-0.4, -0.2) is 25.7 Å². The summed E-state index contributed by atoms with van der Waals surface area (Å²) < 4.78 is 11.1. The molecule has 25 heavy (non-hydrogen) atoms. The van der Waals surface area contributed by atoms with Gasteiger partial charge in [-0.2, -0.15) is 0 Å². The largest absolute Gasteiger partial charge is 0.494 e. The molecule has 1 amide bonds. The molecule has 0 aliphatic rings. The van der Waals surface area contributed by atoms with E-state index in [1.807, 2.05) is 48.5 Å². The van der Waals surface area contributed by atoms with Gasteiger partial charge in [-0.15, -0.1) is 0 Å². The summed E-state index contributed by atoms with van der Waals surface area (Å²) >= 11 is 0. The predicted octanol–water partition coefficient (Wildman–Crippen LogP) is 4.31. The third-order valence-corrected chi connectivity index (χ3v) is 3.39. The summed E-state index contributed by atoms with van der Waals surface area (Å²) in [5, 5.41) is 5.95. The molecule has 2 aromatic carbocycles. The molecule has 5 nitrogen and oxygen atoms in total. The van der Waals surface area contributed by atoms with Gasteiger partial charge in [0, 0.05) is 11.4 Å². The molecule has 2 N–H and O–H groups in total. The molecule has 0 saturated heterocycles. The number of nitrogens with one attached hydrogen (secondary N) is 2. The van der Waals surface area contributed by atoms with Crippen molar-refractivity contribution in [2.24, 2.45) is 0 Å². The van der Waals surface area contributed by atoms with E-state index < -0.39 is 0 Å². The number of ether oxygens (including phenoxy) is 2. The van der Waals surface area contributed by atoms with Gasteiger partial charge in [-0.05, 0) is 61.4 Å². The van der Waals surface area contributed by atoms with Crippen molar-refractivity contribution in [3.63, 3.8) is 0 Å². The van der Waals surface area contributed by atoms with E-state index in [1.165, 1.54) is 0 Å². The summed E-state index contributed by atoms with van der Waals surface area (Å²) in [6.07, 6.45) is 1.95. The fourth-order valence-corrected chi connectivity index (χ4v) is 2.13. The number of benzene rings is 2. The molecule has 0 heterocycles. The fraction of sp³-hybridized carbons (Fsp3) is 0.350. The van der Waals surface area contributed by atoms with Gasteiger partial charge in [0.1, 0.15) is 11.5 Å². The lowest BCUT2D eigenvalue weighted by Gasteiger charge is -2.10. The van der Waals surface area contributed by atoms with Gasteiger partial charge in [0.15, 0.2) is 0 Å². The van der Waals surface area contributed by atoms with Crippen LogP contribution < -0.4 is 20.1 Å². The maximum atomic E-state index is 12.0. The van der Waals surface area contributed by atoms with Crippen LogP contribution in [0, 0.1) is 0 Å². The minimum Gasteiger partial charge on any atom is -0.494 e. The Morgan fingerprint density at radius 1 is 0.800 bits per heavy atom. The molecule has 2 aromatic rings. The van der Waals surface area contributed by atoms with E-state index in [4.69, 9.17) is 9.47 Å². The lowest BCUT2D eigenvalue weighted by molar-refractivity contribution is -0.114. The standard InChI is InChI=1S/C20H26N2O3/c1-3-13-24-18-9-5-16(6-10-18)21-15-20(23)22-17-7-11-19(12-8-17)25-14-4-2/h5-12,21H,3-4,13-15H2,1-2H3,(H,22,23). The van der Waals surface area contributed by atoms with Crippen LogP contribution in [0.25, 0.3) is 0 Å². The maximum Gasteiger partial charge on any atom is 0.243 e. The molecule has 0 fully saturated rings. The molecule has 0 saturated carbocycles. The van der Waals surface area contributed by atoms with Crippen LogP contribution in [0.3, 0.4) is 0 Å². The van der Waals surface area contributed by atoms with Gasteiger partial charge in [-0.1, -0.05) is 13.8 Å². The molecule has 0 aliphatic heterocycles. The molecule has 0 aromatic heterocycles. The molecule has 0 radical (unpaired) electrons. The van der Waals surface area contributed by atoms with Crippen molar-refractivity contribution < 1.29 is 14.3 Å². The Morgan fingerprint density at radius 2 is 1.28 bits per heavy atom. The number of rotatable bonds is 10. The van der Waals surface area contributed by atoms with Crippen LogP contribution in [0.5, 0.6) is 11.5 Å². The van der Waals surface area contributed by atoms with Crippen molar-refractivity contribution in [1.82, 2.24) is 0 Å². The van der Waals surface area contributed by atoms with Gasteiger partial charge >= 0.3 is 0 Å². The molecule has 0 aliphatic carbocycles. The molecule has 0 bridgehead atoms. The summed E-state index contributed by atoms with van der Waals surface area (Å²) in [5.74, 6) is 1.54. The molecule has 134 valence electrons. The summed E-state index contributed by atoms with van der Waals surface area (Å²) in [6, 6.07) is 15.0. The van der Waals surface area contributed by atoms with E-state index in [-0.39, 0.29) is 12.5 Å². The van der Waals surface area contributed by atoms with Crippen LogP contribution in [0.4, 0.5) is 11.4 Å². The third-order valence-electron chi connectivity index (χ3n) is 3.39. The number of hydrogen-bond donors (Lipinski definition) is 2. The average Bonchev–Trinajstić information content (AvgIpc) is 2.65. The Balaban J connectivity index is 1.76. The predicted molar refractivity (Wildman–Crippen MR) is 102 cm³/mol. The summed E-state index contributed by atoms with van der Waals surface area (Å²) in [5.41, 5.74) is 1.63. The van der Waals surface area contributed by atoms with E-state index in [0.29, 0.717) is 13.2 Å². The van der Waals surface area contributed by atoms with E-state index in [9.17, 15) is 4.79 Å². The molecule has 2 rings (SSSR count). The number of carbonyl (C=O) groups excluding carboxylic acids is 1. The average molecular weight is 342 g/mol. The monoisotopic (exact) mass is 342 g/mol. The van der Waals surface area contributed by atoms with Crippen LogP contribution in [0.1, 0.15) is 26.7 Å². The zero-order valence-corrected chi connectivity index (χ0v) is 14.9. The molecular weight excluding hydrogens is 316 g/mol. The highest BCUT2D eigenvalue weighted by atomic mass is 16.5. The Kier molecular flexibility index (Phi) is 7.63. The Morgan fingerprint density at radius 3 is 1.76 bits per heavy atom. The van der Waals surface area contributed by atoms with Gasteiger partial charge < -0.3 is 20.1 Å². The van der Waals surface area contributed by atoms with Gasteiger partial charge in [0.2, 0.25) is 5.91 Å². The highest BCUT2D eigenvalue weighted by Gasteiger charge is 2.03. The lowest BCUT2D eigenvalue weighted by Crippen LogP contribution is -2.21. The lowest BCUT2D eigenvalue weighted by atomic mass is 10.3. The Hall–Kier alpha value is -2.69. The van der Waals surface area contributed by atoms with Gasteiger partial charge in [0.05, 0.1) is 19.8 Å². The molecule has 5 heteroatoms. The number of carbonyl (C=O) groups is 1. The van der Waals surface area contributed by atoms with E-state index >= 15 is 0 Å².